The van der Waals surface area contributed by atoms with E-state index in [9.17, 15) is 15.3 Å². The van der Waals surface area contributed by atoms with Crippen LogP contribution in [0.3, 0.4) is 0 Å². The van der Waals surface area contributed by atoms with Crippen LogP contribution in [0, 0.1) is 33.5 Å². The van der Waals surface area contributed by atoms with E-state index in [0.29, 0.717) is 0 Å². The first-order chi connectivity index (χ1) is 13.3. The molecule has 5 heteroatoms. The summed E-state index contributed by atoms with van der Waals surface area (Å²) in [4.78, 5) is 15.4. The van der Waals surface area contributed by atoms with Crippen LogP contribution in [0.4, 0.5) is 0 Å². The van der Waals surface area contributed by atoms with Gasteiger partial charge in [0.2, 0.25) is 5.41 Å². The Morgan fingerprint density at radius 2 is 1.86 bits per heavy atom. The van der Waals surface area contributed by atoms with Gasteiger partial charge in [-0.15, -0.1) is 11.3 Å². The smallest absolute Gasteiger partial charge is 0.213 e. The zero-order chi connectivity index (χ0) is 20.1. The number of nitrogens with zero attached hydrogens (tertiary/aromatic N) is 2. The number of hydrogen-bond acceptors (Lipinski definition) is 4. The lowest BCUT2D eigenvalue weighted by molar-refractivity contribution is -0.885. The molecule has 0 saturated carbocycles. The Labute approximate surface area is 169 Å². The van der Waals surface area contributed by atoms with E-state index in [1.807, 2.05) is 74.8 Å². The largest absolute Gasteiger partial charge is 0.292 e. The molecule has 3 heterocycles. The van der Waals surface area contributed by atoms with Crippen LogP contribution in [0.15, 0.2) is 48.0 Å². The Balaban J connectivity index is 2.01. The highest BCUT2D eigenvalue weighted by atomic mass is 32.1. The molecule has 1 fully saturated rings. The van der Waals surface area contributed by atoms with Crippen molar-refractivity contribution in [3.8, 4) is 12.1 Å². The van der Waals surface area contributed by atoms with Crippen molar-refractivity contribution in [1.82, 2.24) is 0 Å². The number of nitrogens with one attached hydrogen (secondary N) is 1. The van der Waals surface area contributed by atoms with Crippen molar-refractivity contribution in [3.63, 3.8) is 0 Å². The molecule has 1 aromatic heterocycles. The summed E-state index contributed by atoms with van der Waals surface area (Å²) in [5.41, 5.74) is 0.102. The summed E-state index contributed by atoms with van der Waals surface area (Å²) in [6.07, 6.45) is 4.00. The minimum Gasteiger partial charge on any atom is -0.292 e. The highest BCUT2D eigenvalue weighted by Gasteiger charge is 2.68. The first kappa shape index (κ1) is 18.6. The average Bonchev–Trinajstić information content (AvgIpc) is 3.30. The molecule has 4 rings (SSSR count). The fraction of sp³-hybridized carbons (Fsp3) is 0.348. The van der Waals surface area contributed by atoms with Gasteiger partial charge in [0.25, 0.3) is 0 Å². The molecule has 0 radical (unpaired) electrons. The summed E-state index contributed by atoms with van der Waals surface area (Å²) in [6.45, 7) is 5.74. The highest BCUT2D eigenvalue weighted by molar-refractivity contribution is 7.10. The van der Waals surface area contributed by atoms with Crippen LogP contribution < -0.4 is 4.90 Å². The fourth-order valence-corrected chi connectivity index (χ4v) is 5.67. The van der Waals surface area contributed by atoms with Crippen molar-refractivity contribution in [2.24, 2.45) is 10.8 Å². The number of fused-ring (bicyclic) bond motifs is 3. The maximum absolute atomic E-state index is 13.6. The number of quaternary nitrogens is 1. The van der Waals surface area contributed by atoms with E-state index in [0.717, 1.165) is 20.9 Å². The van der Waals surface area contributed by atoms with Gasteiger partial charge in [-0.05, 0) is 23.1 Å². The molecule has 2 aromatic rings. The van der Waals surface area contributed by atoms with Crippen molar-refractivity contribution in [1.29, 1.82) is 10.5 Å². The number of carbonyl (C=O) groups excluding carboxylic acids is 1. The van der Waals surface area contributed by atoms with E-state index in [1.54, 1.807) is 0 Å². The summed E-state index contributed by atoms with van der Waals surface area (Å²) < 4.78 is 0. The van der Waals surface area contributed by atoms with Gasteiger partial charge in [-0.2, -0.15) is 10.5 Å². The number of benzene rings is 1. The van der Waals surface area contributed by atoms with E-state index >= 15 is 0 Å². The van der Waals surface area contributed by atoms with E-state index in [2.05, 4.69) is 12.1 Å². The summed E-state index contributed by atoms with van der Waals surface area (Å²) in [5, 5.41) is 22.6. The van der Waals surface area contributed by atoms with Gasteiger partial charge < -0.3 is 0 Å². The quantitative estimate of drug-likeness (QED) is 0.856. The van der Waals surface area contributed by atoms with Crippen LogP contribution in [0.5, 0.6) is 0 Å². The van der Waals surface area contributed by atoms with E-state index < -0.39 is 28.8 Å². The minimum atomic E-state index is -1.31. The topological polar surface area (TPSA) is 69.1 Å². The van der Waals surface area contributed by atoms with Crippen LogP contribution in [-0.4, -0.2) is 11.8 Å². The highest BCUT2D eigenvalue weighted by Crippen LogP contribution is 2.53. The van der Waals surface area contributed by atoms with Gasteiger partial charge in [-0.25, -0.2) is 0 Å². The first-order valence-electron chi connectivity index (χ1n) is 9.39. The molecule has 1 unspecified atom stereocenters. The lowest BCUT2D eigenvalue weighted by Gasteiger charge is -2.31. The van der Waals surface area contributed by atoms with Crippen LogP contribution in [0.2, 0.25) is 0 Å². The van der Waals surface area contributed by atoms with Crippen LogP contribution in [-0.2, 0) is 4.79 Å². The number of ketones is 1. The van der Waals surface area contributed by atoms with E-state index in [-0.39, 0.29) is 5.78 Å². The van der Waals surface area contributed by atoms with Gasteiger partial charge in [-0.1, -0.05) is 51.1 Å². The summed E-state index contributed by atoms with van der Waals surface area (Å²) in [7, 11) is 0. The summed E-state index contributed by atoms with van der Waals surface area (Å²) in [5.74, 6) is -0.382. The predicted octanol–water partition coefficient (Wildman–Crippen LogP) is 3.47. The van der Waals surface area contributed by atoms with Crippen molar-refractivity contribution in [2.45, 2.75) is 38.8 Å². The molecule has 4 nitrogen and oxygen atoms in total. The van der Waals surface area contributed by atoms with Crippen molar-refractivity contribution >= 4 is 23.2 Å². The van der Waals surface area contributed by atoms with Crippen molar-refractivity contribution < 1.29 is 9.69 Å². The van der Waals surface area contributed by atoms with E-state index in [4.69, 9.17) is 0 Å². The number of carbonyl (C=O) groups is 1. The third-order valence-corrected chi connectivity index (χ3v) is 6.93. The van der Waals surface area contributed by atoms with Crippen LogP contribution in [0.25, 0.3) is 6.08 Å². The van der Waals surface area contributed by atoms with Gasteiger partial charge in [-0.3, -0.25) is 9.69 Å². The lowest BCUT2D eigenvalue weighted by Crippen LogP contribution is -3.12. The Bertz CT molecular complexity index is 1020. The first-order valence-corrected chi connectivity index (χ1v) is 10.3. The number of Topliss-reactive ketones (excluding diaryl/α,β-unsaturated/α-hetero) is 1. The molecular weight excluding hydrogens is 366 g/mol. The van der Waals surface area contributed by atoms with Gasteiger partial charge >= 0.3 is 0 Å². The van der Waals surface area contributed by atoms with Gasteiger partial charge in [0.1, 0.15) is 0 Å². The molecule has 0 spiro atoms. The van der Waals surface area contributed by atoms with Crippen molar-refractivity contribution in [3.05, 3.63) is 64.0 Å². The second-order valence-corrected chi connectivity index (χ2v) is 9.55. The standard InChI is InChI=1S/C23H21N3OS/c1-22(2,3)21(27)19-18(17-9-6-12-28-17)23(13-24,14-25)20-16-8-5-4-7-15(16)10-11-26(19)20/h4-12,18-20H,1-3H3/p+1/t18-,19+,20+/m1/s1. The molecule has 2 aliphatic heterocycles. The molecule has 1 aromatic carbocycles. The second kappa shape index (κ2) is 6.41. The number of hydrogen-bond donors (Lipinski definition) is 1. The molecule has 4 atom stereocenters. The normalized spacial score (nSPS) is 27.3. The molecular formula is C23H22N3OS+. The summed E-state index contributed by atoms with van der Waals surface area (Å²) in [6, 6.07) is 15.6. The molecule has 1 saturated heterocycles. The van der Waals surface area contributed by atoms with Crippen LogP contribution in [0.1, 0.15) is 48.7 Å². The minimum absolute atomic E-state index is 0.0855. The number of nitriles is 2. The Morgan fingerprint density at radius 1 is 1.14 bits per heavy atom. The SMILES string of the molecule is CC(C)(C)C(=O)[C@@H]1[C@@H](c2cccs2)C(C#N)(C#N)[C@@H]2c3ccccc3C=C[NH+]12. The van der Waals surface area contributed by atoms with Gasteiger partial charge in [0, 0.05) is 15.9 Å². The average molecular weight is 389 g/mol. The van der Waals surface area contributed by atoms with Crippen molar-refractivity contribution in [2.75, 3.05) is 0 Å². The zero-order valence-corrected chi connectivity index (χ0v) is 17.0. The van der Waals surface area contributed by atoms with E-state index in [1.165, 1.54) is 11.3 Å². The molecule has 0 bridgehead atoms. The van der Waals surface area contributed by atoms with Crippen LogP contribution >= 0.6 is 11.3 Å². The maximum atomic E-state index is 13.6. The number of thiophene rings is 1. The van der Waals surface area contributed by atoms with Gasteiger partial charge in [0.15, 0.2) is 17.9 Å². The molecule has 28 heavy (non-hydrogen) atoms. The molecule has 2 aliphatic rings. The predicted molar refractivity (Wildman–Crippen MR) is 108 cm³/mol. The Morgan fingerprint density at radius 3 is 2.46 bits per heavy atom. The second-order valence-electron chi connectivity index (χ2n) is 8.57. The zero-order valence-electron chi connectivity index (χ0n) is 16.1. The Hall–Kier alpha value is -2.73. The Kier molecular flexibility index (Phi) is 4.27. The third-order valence-electron chi connectivity index (χ3n) is 5.98. The summed E-state index contributed by atoms with van der Waals surface area (Å²) >= 11 is 1.52. The fourth-order valence-electron chi connectivity index (χ4n) is 4.73. The molecule has 1 N–H and O–H groups in total. The molecule has 0 amide bonds. The van der Waals surface area contributed by atoms with Gasteiger partial charge in [0.05, 0.1) is 24.3 Å². The lowest BCUT2D eigenvalue weighted by atomic mass is 9.68. The number of rotatable bonds is 2. The monoisotopic (exact) mass is 388 g/mol. The maximum Gasteiger partial charge on any atom is 0.213 e. The molecule has 140 valence electrons. The molecule has 0 aliphatic carbocycles. The third kappa shape index (κ3) is 2.48.